The molecule has 0 atom stereocenters. The van der Waals surface area contributed by atoms with E-state index in [1.165, 1.54) is 0 Å². The van der Waals surface area contributed by atoms with Crippen molar-refractivity contribution < 1.29 is 4.79 Å². The maximum atomic E-state index is 11.7. The zero-order chi connectivity index (χ0) is 13.9. The minimum Gasteiger partial charge on any atom is -0.369 e. The molecule has 0 bridgehead atoms. The first-order valence-corrected chi connectivity index (χ1v) is 6.35. The maximum absolute atomic E-state index is 11.7. The average Bonchev–Trinajstić information content (AvgIpc) is 2.44. The summed E-state index contributed by atoms with van der Waals surface area (Å²) in [7, 11) is 1.65. The highest BCUT2D eigenvalue weighted by molar-refractivity contribution is 5.82. The smallest absolute Gasteiger partial charge is 0.227 e. The number of aromatic nitrogens is 1. The van der Waals surface area contributed by atoms with Crippen molar-refractivity contribution in [1.29, 1.82) is 0 Å². The first kappa shape index (κ1) is 13.3. The lowest BCUT2D eigenvalue weighted by Gasteiger charge is -2.23. The quantitative estimate of drug-likeness (QED) is 0.884. The molecule has 2 aromatic rings. The second-order valence-corrected chi connectivity index (χ2v) is 5.21. The van der Waals surface area contributed by atoms with Gasteiger partial charge in [-0.2, -0.15) is 0 Å². The van der Waals surface area contributed by atoms with Crippen molar-refractivity contribution >= 4 is 22.6 Å². The minimum atomic E-state index is -0.470. The largest absolute Gasteiger partial charge is 0.369 e. The topological polar surface area (TPSA) is 54.0 Å². The number of para-hydroxylation sites is 1. The van der Waals surface area contributed by atoms with Crippen molar-refractivity contribution in [2.45, 2.75) is 13.8 Å². The second-order valence-electron chi connectivity index (χ2n) is 5.21. The number of rotatable bonds is 4. The van der Waals surface area contributed by atoms with E-state index >= 15 is 0 Å². The lowest BCUT2D eigenvalue weighted by molar-refractivity contribution is -0.128. The number of pyridine rings is 1. The van der Waals surface area contributed by atoms with Gasteiger partial charge in [-0.3, -0.25) is 4.79 Å². The molecule has 4 heteroatoms. The van der Waals surface area contributed by atoms with Crippen LogP contribution in [0.15, 0.2) is 36.4 Å². The molecule has 1 amide bonds. The summed E-state index contributed by atoms with van der Waals surface area (Å²) in [5, 5.41) is 7.00. The standard InChI is InChI=1S/C15H19N3O/c1-15(2,14(19)16-3)10-17-13-9-8-11-6-4-5-7-12(11)18-13/h4-9H,10H2,1-3H3,(H,16,19)(H,17,18). The molecule has 0 aliphatic carbocycles. The van der Waals surface area contributed by atoms with Crippen LogP contribution in [0.5, 0.6) is 0 Å². The molecule has 0 spiro atoms. The number of carbonyl (C=O) groups is 1. The van der Waals surface area contributed by atoms with E-state index in [1.54, 1.807) is 7.05 Å². The Morgan fingerprint density at radius 1 is 1.21 bits per heavy atom. The van der Waals surface area contributed by atoms with E-state index in [1.807, 2.05) is 50.2 Å². The van der Waals surface area contributed by atoms with Crippen LogP contribution in [0.3, 0.4) is 0 Å². The maximum Gasteiger partial charge on any atom is 0.227 e. The summed E-state index contributed by atoms with van der Waals surface area (Å²) >= 11 is 0. The van der Waals surface area contributed by atoms with E-state index in [9.17, 15) is 4.79 Å². The molecule has 4 nitrogen and oxygen atoms in total. The van der Waals surface area contributed by atoms with Crippen molar-refractivity contribution in [3.05, 3.63) is 36.4 Å². The molecule has 1 heterocycles. The molecule has 0 fully saturated rings. The second kappa shape index (κ2) is 5.26. The van der Waals surface area contributed by atoms with Gasteiger partial charge in [-0.05, 0) is 32.0 Å². The molecule has 0 unspecified atom stereocenters. The Balaban J connectivity index is 2.12. The van der Waals surface area contributed by atoms with Crippen molar-refractivity contribution in [3.8, 4) is 0 Å². The van der Waals surface area contributed by atoms with Crippen molar-refractivity contribution in [3.63, 3.8) is 0 Å². The van der Waals surface area contributed by atoms with Gasteiger partial charge in [0.1, 0.15) is 5.82 Å². The van der Waals surface area contributed by atoms with Crippen molar-refractivity contribution in [2.24, 2.45) is 5.41 Å². The summed E-state index contributed by atoms with van der Waals surface area (Å²) in [4.78, 5) is 16.2. The van der Waals surface area contributed by atoms with Crippen molar-refractivity contribution in [2.75, 3.05) is 18.9 Å². The SMILES string of the molecule is CNC(=O)C(C)(C)CNc1ccc2ccccc2n1. The van der Waals surface area contributed by atoms with E-state index in [0.29, 0.717) is 6.54 Å². The van der Waals surface area contributed by atoms with E-state index in [2.05, 4.69) is 15.6 Å². The van der Waals surface area contributed by atoms with E-state index < -0.39 is 5.41 Å². The highest BCUT2D eigenvalue weighted by Crippen LogP contribution is 2.18. The van der Waals surface area contributed by atoms with Crippen LogP contribution in [0.25, 0.3) is 10.9 Å². The number of hydrogen-bond acceptors (Lipinski definition) is 3. The van der Waals surface area contributed by atoms with Gasteiger partial charge in [-0.15, -0.1) is 0 Å². The van der Waals surface area contributed by atoms with Crippen LogP contribution < -0.4 is 10.6 Å². The van der Waals surface area contributed by atoms with Gasteiger partial charge in [0.15, 0.2) is 0 Å². The fourth-order valence-corrected chi connectivity index (χ4v) is 1.89. The Labute approximate surface area is 113 Å². The van der Waals surface area contributed by atoms with Crippen molar-refractivity contribution in [1.82, 2.24) is 10.3 Å². The molecular formula is C15H19N3O. The number of anilines is 1. The summed E-state index contributed by atoms with van der Waals surface area (Å²) < 4.78 is 0. The first-order chi connectivity index (χ1) is 9.03. The summed E-state index contributed by atoms with van der Waals surface area (Å²) in [5.74, 6) is 0.802. The van der Waals surface area contributed by atoms with E-state index in [4.69, 9.17) is 0 Å². The molecule has 2 rings (SSSR count). The summed E-state index contributed by atoms with van der Waals surface area (Å²) in [6.07, 6.45) is 0. The fraction of sp³-hybridized carbons (Fsp3) is 0.333. The Hall–Kier alpha value is -2.10. The number of benzene rings is 1. The fourth-order valence-electron chi connectivity index (χ4n) is 1.89. The van der Waals surface area contributed by atoms with Crippen LogP contribution in [0.4, 0.5) is 5.82 Å². The zero-order valence-electron chi connectivity index (χ0n) is 11.5. The normalized spacial score (nSPS) is 11.3. The van der Waals surface area contributed by atoms with Gasteiger partial charge in [-0.1, -0.05) is 18.2 Å². The minimum absolute atomic E-state index is 0.0146. The van der Waals surface area contributed by atoms with E-state index in [-0.39, 0.29) is 5.91 Å². The monoisotopic (exact) mass is 257 g/mol. The third kappa shape index (κ3) is 3.02. The van der Waals surface area contributed by atoms with E-state index in [0.717, 1.165) is 16.7 Å². The summed E-state index contributed by atoms with van der Waals surface area (Å²) in [6, 6.07) is 11.9. The predicted octanol–water partition coefficient (Wildman–Crippen LogP) is 2.42. The van der Waals surface area contributed by atoms with Gasteiger partial charge in [0, 0.05) is 19.0 Å². The Bertz CT molecular complexity index is 593. The highest BCUT2D eigenvalue weighted by Gasteiger charge is 2.26. The number of nitrogens with one attached hydrogen (secondary N) is 2. The van der Waals surface area contributed by atoms with Gasteiger partial charge in [-0.25, -0.2) is 4.98 Å². The predicted molar refractivity (Wildman–Crippen MR) is 78.1 cm³/mol. The lowest BCUT2D eigenvalue weighted by atomic mass is 9.92. The number of nitrogens with zero attached hydrogens (tertiary/aromatic N) is 1. The van der Waals surface area contributed by atoms with Gasteiger partial charge in [0.25, 0.3) is 0 Å². The highest BCUT2D eigenvalue weighted by atomic mass is 16.2. The van der Waals surface area contributed by atoms with Crippen LogP contribution in [0.2, 0.25) is 0 Å². The molecule has 1 aromatic carbocycles. The molecule has 0 saturated carbocycles. The van der Waals surface area contributed by atoms with Gasteiger partial charge >= 0.3 is 0 Å². The molecule has 0 radical (unpaired) electrons. The number of hydrogen-bond donors (Lipinski definition) is 2. The van der Waals surface area contributed by atoms with Gasteiger partial charge in [0.2, 0.25) is 5.91 Å². The molecule has 1 aromatic heterocycles. The number of carbonyl (C=O) groups excluding carboxylic acids is 1. The Morgan fingerprint density at radius 2 is 1.95 bits per heavy atom. The number of fused-ring (bicyclic) bond motifs is 1. The Morgan fingerprint density at radius 3 is 2.68 bits per heavy atom. The molecule has 0 aliphatic heterocycles. The first-order valence-electron chi connectivity index (χ1n) is 6.35. The molecule has 19 heavy (non-hydrogen) atoms. The average molecular weight is 257 g/mol. The molecule has 2 N–H and O–H groups in total. The Kier molecular flexibility index (Phi) is 3.69. The van der Waals surface area contributed by atoms with Crippen LogP contribution in [0, 0.1) is 5.41 Å². The third-order valence-electron chi connectivity index (χ3n) is 3.15. The summed E-state index contributed by atoms with van der Waals surface area (Å²) in [5.41, 5.74) is 0.479. The van der Waals surface area contributed by atoms with Crippen LogP contribution in [0.1, 0.15) is 13.8 Å². The molecule has 100 valence electrons. The molecular weight excluding hydrogens is 238 g/mol. The number of amides is 1. The lowest BCUT2D eigenvalue weighted by Crippen LogP contribution is -2.39. The summed E-state index contributed by atoms with van der Waals surface area (Å²) in [6.45, 7) is 4.35. The van der Waals surface area contributed by atoms with Crippen LogP contribution >= 0.6 is 0 Å². The molecule has 0 saturated heterocycles. The third-order valence-corrected chi connectivity index (χ3v) is 3.15. The van der Waals surface area contributed by atoms with Crippen LogP contribution in [-0.2, 0) is 4.79 Å². The molecule has 0 aliphatic rings. The van der Waals surface area contributed by atoms with Crippen LogP contribution in [-0.4, -0.2) is 24.5 Å². The van der Waals surface area contributed by atoms with Gasteiger partial charge in [0.05, 0.1) is 10.9 Å². The zero-order valence-corrected chi connectivity index (χ0v) is 11.5. The van der Waals surface area contributed by atoms with Gasteiger partial charge < -0.3 is 10.6 Å².